The van der Waals surface area contributed by atoms with E-state index in [9.17, 15) is 9.59 Å². The van der Waals surface area contributed by atoms with Gasteiger partial charge in [0.05, 0.1) is 0 Å². The number of amides is 4. The van der Waals surface area contributed by atoms with E-state index in [0.29, 0.717) is 23.2 Å². The molecule has 1 heterocycles. The van der Waals surface area contributed by atoms with E-state index in [1.165, 1.54) is 0 Å². The fraction of sp³-hybridized carbons (Fsp3) is 0.556. The Hall–Kier alpha value is -1.95. The Kier molecular flexibility index (Phi) is 7.37. The van der Waals surface area contributed by atoms with Crippen LogP contribution in [0.4, 0.5) is 15.3 Å². The molecule has 1 fully saturated rings. The molecular formula is C18H27ClN4O2. The van der Waals surface area contributed by atoms with Crippen molar-refractivity contribution in [3.8, 4) is 0 Å². The van der Waals surface area contributed by atoms with Gasteiger partial charge in [-0.3, -0.25) is 0 Å². The van der Waals surface area contributed by atoms with Crippen molar-refractivity contribution in [3.05, 3.63) is 29.3 Å². The topological polar surface area (TPSA) is 73.5 Å². The summed E-state index contributed by atoms with van der Waals surface area (Å²) in [6, 6.07) is 7.08. The standard InChI is InChI=1S/C18H27ClN4O2/c1-13(2)21-17(24)20-9-6-14-7-10-23(11-8-14)18(25)22-16-5-3-4-15(19)12-16/h3-5,12-14H,6-11H2,1-2H3,(H,22,25)(H2,20,21,24). The Bertz CT molecular complexity index is 586. The van der Waals surface area contributed by atoms with E-state index in [0.717, 1.165) is 32.4 Å². The van der Waals surface area contributed by atoms with E-state index in [4.69, 9.17) is 11.6 Å². The lowest BCUT2D eigenvalue weighted by atomic mass is 9.94. The minimum Gasteiger partial charge on any atom is -0.338 e. The van der Waals surface area contributed by atoms with Gasteiger partial charge in [-0.2, -0.15) is 0 Å². The van der Waals surface area contributed by atoms with E-state index >= 15 is 0 Å². The van der Waals surface area contributed by atoms with Gasteiger partial charge in [-0.05, 0) is 57.2 Å². The lowest BCUT2D eigenvalue weighted by Gasteiger charge is -2.32. The number of urea groups is 2. The molecule has 1 aromatic rings. The van der Waals surface area contributed by atoms with Crippen molar-refractivity contribution in [2.75, 3.05) is 25.0 Å². The summed E-state index contributed by atoms with van der Waals surface area (Å²) < 4.78 is 0. The molecule has 0 aliphatic carbocycles. The van der Waals surface area contributed by atoms with Crippen molar-refractivity contribution in [3.63, 3.8) is 0 Å². The van der Waals surface area contributed by atoms with Gasteiger partial charge in [-0.15, -0.1) is 0 Å². The van der Waals surface area contributed by atoms with Crippen LogP contribution in [0.25, 0.3) is 0 Å². The predicted octanol–water partition coefficient (Wildman–Crippen LogP) is 3.68. The molecule has 25 heavy (non-hydrogen) atoms. The molecule has 7 heteroatoms. The Labute approximate surface area is 154 Å². The molecule has 0 atom stereocenters. The van der Waals surface area contributed by atoms with Gasteiger partial charge >= 0.3 is 12.1 Å². The summed E-state index contributed by atoms with van der Waals surface area (Å²) >= 11 is 5.93. The summed E-state index contributed by atoms with van der Waals surface area (Å²) in [5.41, 5.74) is 0.708. The third-order valence-corrected chi connectivity index (χ3v) is 4.47. The molecule has 2 rings (SSSR count). The van der Waals surface area contributed by atoms with Gasteiger partial charge in [0.25, 0.3) is 0 Å². The minimum atomic E-state index is -0.117. The van der Waals surface area contributed by atoms with Crippen molar-refractivity contribution in [2.45, 2.75) is 39.2 Å². The second kappa shape index (κ2) is 9.51. The van der Waals surface area contributed by atoms with Crippen LogP contribution in [0.1, 0.15) is 33.1 Å². The molecule has 3 N–H and O–H groups in total. The molecule has 4 amide bonds. The maximum absolute atomic E-state index is 12.3. The average molecular weight is 367 g/mol. The lowest BCUT2D eigenvalue weighted by molar-refractivity contribution is 0.179. The average Bonchev–Trinajstić information content (AvgIpc) is 2.54. The van der Waals surface area contributed by atoms with Crippen LogP contribution in [0.3, 0.4) is 0 Å². The van der Waals surface area contributed by atoms with Crippen molar-refractivity contribution < 1.29 is 9.59 Å². The van der Waals surface area contributed by atoms with Gasteiger partial charge in [0.2, 0.25) is 0 Å². The summed E-state index contributed by atoms with van der Waals surface area (Å²) in [6.07, 6.45) is 2.85. The third kappa shape index (κ3) is 6.82. The molecule has 0 bridgehead atoms. The van der Waals surface area contributed by atoms with Gasteiger partial charge in [-0.25, -0.2) is 9.59 Å². The zero-order chi connectivity index (χ0) is 18.2. The van der Waals surface area contributed by atoms with Crippen LogP contribution in [-0.4, -0.2) is 42.6 Å². The molecular weight excluding hydrogens is 340 g/mol. The Morgan fingerprint density at radius 1 is 1.28 bits per heavy atom. The van der Waals surface area contributed by atoms with E-state index in [1.54, 1.807) is 12.1 Å². The second-order valence-corrected chi connectivity index (χ2v) is 7.15. The molecule has 138 valence electrons. The first kappa shape index (κ1) is 19.4. The number of carbonyl (C=O) groups is 2. The zero-order valence-corrected chi connectivity index (χ0v) is 15.6. The molecule has 1 saturated heterocycles. The maximum atomic E-state index is 12.3. The highest BCUT2D eigenvalue weighted by atomic mass is 35.5. The number of hydrogen-bond donors (Lipinski definition) is 3. The number of nitrogens with zero attached hydrogens (tertiary/aromatic N) is 1. The monoisotopic (exact) mass is 366 g/mol. The van der Waals surface area contributed by atoms with Crippen LogP contribution in [0.2, 0.25) is 5.02 Å². The smallest absolute Gasteiger partial charge is 0.321 e. The molecule has 0 spiro atoms. The number of benzene rings is 1. The highest BCUT2D eigenvalue weighted by Gasteiger charge is 2.22. The number of piperidine rings is 1. The molecule has 0 unspecified atom stereocenters. The van der Waals surface area contributed by atoms with Gasteiger partial charge in [0, 0.05) is 36.4 Å². The largest absolute Gasteiger partial charge is 0.338 e. The van der Waals surface area contributed by atoms with Crippen LogP contribution in [0.5, 0.6) is 0 Å². The van der Waals surface area contributed by atoms with Crippen LogP contribution >= 0.6 is 11.6 Å². The molecule has 0 radical (unpaired) electrons. The Balaban J connectivity index is 1.67. The van der Waals surface area contributed by atoms with Crippen molar-refractivity contribution >= 4 is 29.4 Å². The zero-order valence-electron chi connectivity index (χ0n) is 14.8. The van der Waals surface area contributed by atoms with Gasteiger partial charge in [0.15, 0.2) is 0 Å². The highest BCUT2D eigenvalue weighted by molar-refractivity contribution is 6.30. The van der Waals surface area contributed by atoms with Gasteiger partial charge in [0.1, 0.15) is 0 Å². The molecule has 1 aromatic carbocycles. The van der Waals surface area contributed by atoms with Crippen LogP contribution in [0, 0.1) is 5.92 Å². The summed E-state index contributed by atoms with van der Waals surface area (Å²) in [6.45, 7) is 6.00. The van der Waals surface area contributed by atoms with E-state index in [1.807, 2.05) is 30.9 Å². The van der Waals surface area contributed by atoms with Gasteiger partial charge in [-0.1, -0.05) is 17.7 Å². The predicted molar refractivity (Wildman–Crippen MR) is 101 cm³/mol. The number of anilines is 1. The maximum Gasteiger partial charge on any atom is 0.321 e. The minimum absolute atomic E-state index is 0.0878. The van der Waals surface area contributed by atoms with E-state index < -0.39 is 0 Å². The fourth-order valence-electron chi connectivity index (χ4n) is 2.90. The summed E-state index contributed by atoms with van der Waals surface area (Å²) in [5.74, 6) is 0.537. The molecule has 0 aromatic heterocycles. The molecule has 6 nitrogen and oxygen atoms in total. The van der Waals surface area contributed by atoms with E-state index in [-0.39, 0.29) is 18.1 Å². The summed E-state index contributed by atoms with van der Waals surface area (Å²) in [5, 5.41) is 9.17. The summed E-state index contributed by atoms with van der Waals surface area (Å²) in [7, 11) is 0. The lowest BCUT2D eigenvalue weighted by Crippen LogP contribution is -2.42. The highest BCUT2D eigenvalue weighted by Crippen LogP contribution is 2.21. The number of nitrogens with one attached hydrogen (secondary N) is 3. The second-order valence-electron chi connectivity index (χ2n) is 6.71. The van der Waals surface area contributed by atoms with Gasteiger partial charge < -0.3 is 20.9 Å². The number of rotatable bonds is 5. The van der Waals surface area contributed by atoms with Crippen molar-refractivity contribution in [1.82, 2.24) is 15.5 Å². The van der Waals surface area contributed by atoms with E-state index in [2.05, 4.69) is 16.0 Å². The molecule has 1 aliphatic heterocycles. The SMILES string of the molecule is CC(C)NC(=O)NCCC1CCN(C(=O)Nc2cccc(Cl)c2)CC1. The van der Waals surface area contributed by atoms with Crippen LogP contribution in [0.15, 0.2) is 24.3 Å². The van der Waals surface area contributed by atoms with Crippen LogP contribution < -0.4 is 16.0 Å². The van der Waals surface area contributed by atoms with Crippen molar-refractivity contribution in [2.24, 2.45) is 5.92 Å². The first-order chi connectivity index (χ1) is 11.9. The fourth-order valence-corrected chi connectivity index (χ4v) is 3.09. The number of carbonyl (C=O) groups excluding carboxylic acids is 2. The van der Waals surface area contributed by atoms with Crippen LogP contribution in [-0.2, 0) is 0 Å². The number of hydrogen-bond acceptors (Lipinski definition) is 2. The molecule has 1 aliphatic rings. The Morgan fingerprint density at radius 2 is 2.00 bits per heavy atom. The first-order valence-corrected chi connectivity index (χ1v) is 9.17. The summed E-state index contributed by atoms with van der Waals surface area (Å²) in [4.78, 5) is 25.7. The number of likely N-dealkylation sites (tertiary alicyclic amines) is 1. The molecule has 0 saturated carbocycles. The first-order valence-electron chi connectivity index (χ1n) is 8.80. The third-order valence-electron chi connectivity index (χ3n) is 4.24. The quantitative estimate of drug-likeness (QED) is 0.743. The number of halogens is 1. The normalized spacial score (nSPS) is 15.1. The van der Waals surface area contributed by atoms with Crippen molar-refractivity contribution in [1.29, 1.82) is 0 Å². The Morgan fingerprint density at radius 3 is 2.64 bits per heavy atom.